The fourth-order valence-electron chi connectivity index (χ4n) is 8.45. The predicted molar refractivity (Wildman–Crippen MR) is 306 cm³/mol. The van der Waals surface area contributed by atoms with Crippen molar-refractivity contribution >= 4 is 147 Å². The molecule has 8 aromatic carbocycles. The Morgan fingerprint density at radius 1 is 0.376 bits per heavy atom. The lowest BCUT2D eigenvalue weighted by molar-refractivity contribution is 0.101. The molecule has 0 heterocycles. The molecule has 0 aromatic heterocycles. The Balaban J connectivity index is 0.943. The zero-order valence-electron chi connectivity index (χ0n) is 42.9. The molecule has 1 atom stereocenters. The predicted octanol–water partition coefficient (Wildman–Crippen LogP) is 7.08. The molecule has 34 heteroatoms. The van der Waals surface area contributed by atoms with Crippen molar-refractivity contribution in [2.45, 2.75) is 43.2 Å². The van der Waals surface area contributed by atoms with E-state index in [0.717, 1.165) is 24.3 Å². The van der Waals surface area contributed by atoms with Gasteiger partial charge in [-0.05, 0) is 134 Å². The molecule has 0 saturated carbocycles. The van der Waals surface area contributed by atoms with Gasteiger partial charge in [0.2, 0.25) is 0 Å². The van der Waals surface area contributed by atoms with Crippen molar-refractivity contribution in [2.75, 3.05) is 31.9 Å². The topological polar surface area (TPSA) is 467 Å². The Morgan fingerprint density at radius 2 is 0.741 bits per heavy atom. The molecule has 0 aliphatic rings. The Morgan fingerprint density at radius 3 is 1.12 bits per heavy atom. The van der Waals surface area contributed by atoms with E-state index in [1.54, 1.807) is 13.8 Å². The van der Waals surface area contributed by atoms with Crippen LogP contribution < -0.4 is 31.9 Å². The van der Waals surface area contributed by atoms with Gasteiger partial charge in [-0.3, -0.25) is 41.9 Å². The zero-order valence-corrected chi connectivity index (χ0v) is 47.8. The van der Waals surface area contributed by atoms with Crippen LogP contribution in [-0.4, -0.2) is 103 Å². The molecule has 0 aliphatic carbocycles. The van der Waals surface area contributed by atoms with Gasteiger partial charge in [0.1, 0.15) is 19.6 Å². The minimum absolute atomic E-state index is 0.000126. The van der Waals surface area contributed by atoms with Crippen LogP contribution in [0.2, 0.25) is 0 Å². The molecule has 0 radical (unpaired) electrons. The van der Waals surface area contributed by atoms with Crippen molar-refractivity contribution in [1.82, 2.24) is 0 Å². The minimum Gasteiger partial charge on any atom is -0.322 e. The Hall–Kier alpha value is -8.91. The summed E-state index contributed by atoms with van der Waals surface area (Å²) in [6, 6.07) is 23.5. The van der Waals surface area contributed by atoms with Gasteiger partial charge in [-0.15, -0.1) is 0 Å². The van der Waals surface area contributed by atoms with Crippen LogP contribution in [0.5, 0.6) is 0 Å². The molecule has 6 amide bonds. The van der Waals surface area contributed by atoms with Crippen LogP contribution in [-0.2, 0) is 61.7 Å². The third-order valence-corrected chi connectivity index (χ3v) is 17.4. The van der Waals surface area contributed by atoms with Gasteiger partial charge in [0, 0.05) is 66.5 Å². The van der Waals surface area contributed by atoms with E-state index in [4.69, 9.17) is 0 Å². The van der Waals surface area contributed by atoms with Crippen molar-refractivity contribution in [2.24, 2.45) is 0 Å². The summed E-state index contributed by atoms with van der Waals surface area (Å²) in [6.07, 6.45) is 0. The Labute approximate surface area is 483 Å². The largest absolute Gasteiger partial charge is 0.323 e. The Bertz CT molecular complexity index is 4870. The fraction of sp³-hybridized carbons (Fsp3) is 0.0392. The maximum Gasteiger partial charge on any atom is 0.323 e. The van der Waals surface area contributed by atoms with Crippen LogP contribution in [0.1, 0.15) is 52.6 Å². The second kappa shape index (κ2) is 23.3. The third kappa shape index (κ3) is 14.0. The molecule has 28 nitrogen and oxygen atoms in total. The van der Waals surface area contributed by atoms with Gasteiger partial charge >= 0.3 is 6.03 Å². The van der Waals surface area contributed by atoms with Gasteiger partial charge in [-0.2, -0.15) is 42.1 Å². The summed E-state index contributed by atoms with van der Waals surface area (Å²) in [5, 5.41) is 12.2. The Kier molecular flexibility index (Phi) is 17.0. The van der Waals surface area contributed by atoms with Gasteiger partial charge in [0.05, 0.1) is 21.2 Å². The van der Waals surface area contributed by atoms with Gasteiger partial charge in [-0.25, -0.2) is 9.00 Å². The van der Waals surface area contributed by atoms with E-state index in [1.807, 2.05) is 0 Å². The maximum absolute atomic E-state index is 13.7. The summed E-state index contributed by atoms with van der Waals surface area (Å²) in [7, 11) is -26.3. The molecule has 1 unspecified atom stereocenters. The molecular weight excluding hydrogens is 1240 g/mol. The summed E-state index contributed by atoms with van der Waals surface area (Å²) in [4.78, 5) is 61.6. The van der Waals surface area contributed by atoms with Gasteiger partial charge in [-0.1, -0.05) is 24.3 Å². The highest BCUT2D eigenvalue weighted by atomic mass is 32.2. The third-order valence-electron chi connectivity index (χ3n) is 12.4. The minimum atomic E-state index is -5.44. The number of fused-ring (bicyclic) bond motifs is 2. The number of nitrogens with one attached hydrogen (secondary N) is 6. The quantitative estimate of drug-likeness (QED) is 0.0339. The van der Waals surface area contributed by atoms with Crippen LogP contribution in [0.25, 0.3) is 21.5 Å². The lowest BCUT2D eigenvalue weighted by Crippen LogP contribution is -2.21. The van der Waals surface area contributed by atoms with Crippen molar-refractivity contribution in [3.8, 4) is 0 Å². The average molecular weight is 1280 g/mol. The standard InChI is InChI=1S/C51H40N6O22S6/c1-25-9-11-29(49(60)54-37-13-15-41(82(68,69)70)35-21-33(80(63)64)22-43(45(35)37)84(74,75)76)19-39(25)56-47(58)27-5-3-7-31(17-27)52-51(62)53-32-8-4-6-28(18-32)48(59)57-40-20-30(12-10-26(40)2)50(61)55-38-14-16-42(83(71,72)73)36-23-34(81(65,66)67)24-44(46(36)38)85(77,78)79/h3-24H,1-2H3,(H,54,60)(H,55,61)(H,56,58)(H,57,59)(H,63,64)(H2,52,53,62)(H,65,66,67)(H,68,69,70)(H,71,72,73)(H,74,75,76)(H,77,78,79). The molecule has 8 rings (SSSR count). The number of carbonyl (C=O) groups is 5. The molecule has 0 fully saturated rings. The number of hydrogen-bond donors (Lipinski definition) is 12. The summed E-state index contributed by atoms with van der Waals surface area (Å²) in [5.41, 5.74) is -0.0851. The van der Waals surface area contributed by atoms with Gasteiger partial charge in [0.25, 0.3) is 74.2 Å². The van der Waals surface area contributed by atoms with E-state index < -0.39 is 154 Å². The normalized spacial score (nSPS) is 12.5. The molecule has 0 aliphatic heterocycles. The molecule has 0 spiro atoms. The number of benzene rings is 8. The van der Waals surface area contributed by atoms with Crippen molar-refractivity contribution in [3.63, 3.8) is 0 Å². The molecule has 85 heavy (non-hydrogen) atoms. The van der Waals surface area contributed by atoms with Crippen LogP contribution in [0.15, 0.2) is 163 Å². The van der Waals surface area contributed by atoms with E-state index in [9.17, 15) is 97.6 Å². The summed E-state index contributed by atoms with van der Waals surface area (Å²) >= 11 is -2.92. The highest BCUT2D eigenvalue weighted by molar-refractivity contribution is 7.87. The van der Waals surface area contributed by atoms with Crippen molar-refractivity contribution in [1.29, 1.82) is 0 Å². The fourth-order valence-corrected chi connectivity index (χ4v) is 12.4. The van der Waals surface area contributed by atoms with E-state index in [2.05, 4.69) is 31.9 Å². The molecule has 0 saturated heterocycles. The summed E-state index contributed by atoms with van der Waals surface area (Å²) < 4.78 is 194. The molecule has 0 bridgehead atoms. The molecular formula is C51H40N6O22S6. The van der Waals surface area contributed by atoms with Crippen LogP contribution in [0, 0.1) is 13.8 Å². The van der Waals surface area contributed by atoms with Gasteiger partial charge in [0.15, 0.2) is 11.1 Å². The van der Waals surface area contributed by atoms with E-state index in [0.29, 0.717) is 35.4 Å². The SMILES string of the molecule is Cc1ccc(C(=O)Nc2ccc(S(=O)(=O)O)c3cc(S(=O)O)cc(S(=O)(=O)O)c23)cc1NC(=O)c1cccc(NC(=O)Nc2cccc(C(=O)Nc3cc(C(=O)Nc4ccc(S(=O)(=O)O)c5cc(S(=O)(=O)O)cc(S(=O)(=O)O)c45)ccc3C)c2)c1. The van der Waals surface area contributed by atoms with Crippen molar-refractivity contribution < 1.29 is 97.6 Å². The molecule has 442 valence electrons. The number of hydrogen-bond acceptors (Lipinski definition) is 16. The molecule has 8 aromatic rings. The molecule has 12 N–H and O–H groups in total. The lowest BCUT2D eigenvalue weighted by atomic mass is 10.1. The number of anilines is 6. The summed E-state index contributed by atoms with van der Waals surface area (Å²) in [6.45, 7) is 3.15. The maximum atomic E-state index is 13.7. The number of urea groups is 1. The van der Waals surface area contributed by atoms with E-state index in [-0.39, 0.29) is 45.0 Å². The van der Waals surface area contributed by atoms with Crippen molar-refractivity contribution in [3.05, 3.63) is 167 Å². The average Bonchev–Trinajstić information content (AvgIpc) is 0.983. The van der Waals surface area contributed by atoms with E-state index in [1.165, 1.54) is 84.9 Å². The monoisotopic (exact) mass is 1280 g/mol. The second-order valence-corrected chi connectivity index (χ2v) is 26.1. The highest BCUT2D eigenvalue weighted by Gasteiger charge is 2.29. The van der Waals surface area contributed by atoms with Gasteiger partial charge < -0.3 is 36.5 Å². The summed E-state index contributed by atoms with van der Waals surface area (Å²) in [5.74, 6) is -3.46. The first-order valence-electron chi connectivity index (χ1n) is 23.4. The number of aryl methyl sites for hydroxylation is 2. The first-order chi connectivity index (χ1) is 39.5. The number of rotatable bonds is 16. The number of carbonyl (C=O) groups excluding carboxylic acids is 5. The van der Waals surface area contributed by atoms with Crippen LogP contribution in [0.3, 0.4) is 0 Å². The first-order valence-corrected chi connectivity index (χ1v) is 31.7. The smallest absolute Gasteiger partial charge is 0.322 e. The zero-order chi connectivity index (χ0) is 62.5. The highest BCUT2D eigenvalue weighted by Crippen LogP contribution is 2.39. The second-order valence-electron chi connectivity index (χ2n) is 18.2. The number of amides is 6. The van der Waals surface area contributed by atoms with Crippen LogP contribution in [0.4, 0.5) is 38.9 Å². The first kappa shape index (κ1) is 62.1. The van der Waals surface area contributed by atoms with E-state index >= 15 is 0 Å². The van der Waals surface area contributed by atoms with Crippen LogP contribution >= 0.6 is 0 Å². The lowest BCUT2D eigenvalue weighted by Gasteiger charge is -2.16.